The van der Waals surface area contributed by atoms with E-state index in [1.54, 1.807) is 54.6 Å². The van der Waals surface area contributed by atoms with E-state index in [2.05, 4.69) is 15.4 Å². The Labute approximate surface area is 203 Å². The Kier molecular flexibility index (Phi) is 7.04. The van der Waals surface area contributed by atoms with E-state index in [1.807, 2.05) is 0 Å². The highest BCUT2D eigenvalue weighted by molar-refractivity contribution is 7.89. The molecule has 0 spiro atoms. The molecule has 0 saturated carbocycles. The molecule has 9 nitrogen and oxygen atoms in total. The van der Waals surface area contributed by atoms with Crippen LogP contribution in [0.1, 0.15) is 23.6 Å². The molecule has 4 rings (SSSR count). The van der Waals surface area contributed by atoms with Crippen molar-refractivity contribution in [2.75, 3.05) is 24.9 Å². The highest BCUT2D eigenvalue weighted by Gasteiger charge is 2.28. The van der Waals surface area contributed by atoms with E-state index < -0.39 is 22.0 Å². The van der Waals surface area contributed by atoms with Gasteiger partial charge in [0.05, 0.1) is 19.1 Å². The third kappa shape index (κ3) is 5.44. The molecule has 0 aromatic heterocycles. The Hall–Kier alpha value is -3.89. The van der Waals surface area contributed by atoms with Crippen LogP contribution >= 0.6 is 0 Å². The van der Waals surface area contributed by atoms with Crippen molar-refractivity contribution in [2.45, 2.75) is 23.8 Å². The number of methoxy groups -OCH3 is 2. The molecule has 0 aliphatic carbocycles. The van der Waals surface area contributed by atoms with Gasteiger partial charge in [0.15, 0.2) is 11.5 Å². The number of carbonyl (C=O) groups is 2. The van der Waals surface area contributed by atoms with E-state index >= 15 is 0 Å². The van der Waals surface area contributed by atoms with Crippen molar-refractivity contribution in [2.24, 2.45) is 0 Å². The second-order valence-electron chi connectivity index (χ2n) is 7.89. The zero-order valence-electron chi connectivity index (χ0n) is 19.2. The molecule has 0 fully saturated rings. The van der Waals surface area contributed by atoms with Gasteiger partial charge in [-0.05, 0) is 47.9 Å². The summed E-state index contributed by atoms with van der Waals surface area (Å²) >= 11 is 0. The number of carbonyl (C=O) groups excluding carboxylic acids is 2. The predicted octanol–water partition coefficient (Wildman–Crippen LogP) is 3.25. The first kappa shape index (κ1) is 24.2. The summed E-state index contributed by atoms with van der Waals surface area (Å²) in [4.78, 5) is 24.9. The Morgan fingerprint density at radius 2 is 1.69 bits per heavy atom. The largest absolute Gasteiger partial charge is 0.493 e. The lowest BCUT2D eigenvalue weighted by Gasteiger charge is -2.21. The fraction of sp³-hybridized carbons (Fsp3) is 0.200. The number of sulfonamides is 1. The summed E-state index contributed by atoms with van der Waals surface area (Å²) in [6.45, 7) is 0. The molecule has 1 aliphatic rings. The van der Waals surface area contributed by atoms with Gasteiger partial charge in [-0.1, -0.05) is 30.3 Å². The van der Waals surface area contributed by atoms with Gasteiger partial charge in [0.25, 0.3) is 0 Å². The van der Waals surface area contributed by atoms with Crippen LogP contribution in [0.3, 0.4) is 0 Å². The number of hydrogen-bond donors (Lipinski definition) is 3. The van der Waals surface area contributed by atoms with Crippen LogP contribution in [0.25, 0.3) is 0 Å². The highest BCUT2D eigenvalue weighted by atomic mass is 32.2. The summed E-state index contributed by atoms with van der Waals surface area (Å²) in [5, 5.41) is 5.48. The van der Waals surface area contributed by atoms with E-state index in [9.17, 15) is 18.0 Å². The minimum absolute atomic E-state index is 0.00671. The normalized spacial score (nSPS) is 13.8. The fourth-order valence-electron chi connectivity index (χ4n) is 3.80. The first-order valence-corrected chi connectivity index (χ1v) is 12.3. The lowest BCUT2D eigenvalue weighted by Crippen LogP contribution is -2.37. The molecule has 3 aromatic rings. The summed E-state index contributed by atoms with van der Waals surface area (Å²) in [5.41, 5.74) is 2.20. The molecule has 1 heterocycles. The smallest absolute Gasteiger partial charge is 0.247 e. The minimum atomic E-state index is -4.08. The number of fused-ring (bicyclic) bond motifs is 1. The van der Waals surface area contributed by atoms with Crippen molar-refractivity contribution in [3.05, 3.63) is 77.9 Å². The third-order valence-corrected chi connectivity index (χ3v) is 7.02. The molecule has 1 aliphatic heterocycles. The van der Waals surface area contributed by atoms with Gasteiger partial charge in [-0.25, -0.2) is 8.42 Å². The molecule has 3 aromatic carbocycles. The number of benzene rings is 3. The van der Waals surface area contributed by atoms with Gasteiger partial charge < -0.3 is 20.1 Å². The van der Waals surface area contributed by atoms with E-state index in [4.69, 9.17) is 9.47 Å². The monoisotopic (exact) mass is 495 g/mol. The van der Waals surface area contributed by atoms with E-state index in [0.717, 1.165) is 5.56 Å². The quantitative estimate of drug-likeness (QED) is 0.441. The van der Waals surface area contributed by atoms with Crippen LogP contribution in [-0.4, -0.2) is 34.5 Å². The van der Waals surface area contributed by atoms with E-state index in [0.29, 0.717) is 34.9 Å². The molecule has 10 heteroatoms. The van der Waals surface area contributed by atoms with Gasteiger partial charge >= 0.3 is 0 Å². The molecular weight excluding hydrogens is 470 g/mol. The van der Waals surface area contributed by atoms with Gasteiger partial charge in [-0.2, -0.15) is 4.72 Å². The molecule has 2 amide bonds. The maximum absolute atomic E-state index is 13.3. The number of nitrogens with one attached hydrogen (secondary N) is 3. The van der Waals surface area contributed by atoms with Crippen LogP contribution in [0.4, 0.5) is 11.4 Å². The zero-order valence-corrected chi connectivity index (χ0v) is 20.0. The SMILES string of the molecule is COc1ccc(NC(=O)C(NS(=O)(=O)c2ccc3c(c2)CCC(=O)N3)c2ccccc2)cc1OC. The summed E-state index contributed by atoms with van der Waals surface area (Å²) in [5.74, 6) is 0.233. The maximum atomic E-state index is 13.3. The van der Waals surface area contributed by atoms with Crippen LogP contribution in [-0.2, 0) is 26.0 Å². The average molecular weight is 496 g/mol. The van der Waals surface area contributed by atoms with Crippen LogP contribution in [0, 0.1) is 0 Å². The number of hydrogen-bond acceptors (Lipinski definition) is 6. The second kappa shape index (κ2) is 10.2. The number of anilines is 2. The molecule has 0 radical (unpaired) electrons. The molecule has 182 valence electrons. The van der Waals surface area contributed by atoms with Crippen LogP contribution < -0.4 is 24.8 Å². The summed E-state index contributed by atoms with van der Waals surface area (Å²) in [6, 6.07) is 16.7. The summed E-state index contributed by atoms with van der Waals surface area (Å²) < 4.78 is 39.6. The van der Waals surface area contributed by atoms with Gasteiger partial charge in [-0.15, -0.1) is 0 Å². The number of aryl methyl sites for hydroxylation is 1. The standard InChI is InChI=1S/C25H25N3O6S/c1-33-21-12-9-18(15-22(21)34-2)26-25(30)24(16-6-4-3-5-7-16)28-35(31,32)19-10-11-20-17(14-19)8-13-23(29)27-20/h3-7,9-12,14-15,24,28H,8,13H2,1-2H3,(H,26,30)(H,27,29). The molecule has 1 atom stereocenters. The zero-order chi connectivity index (χ0) is 25.0. The highest BCUT2D eigenvalue weighted by Crippen LogP contribution is 2.31. The molecule has 0 bridgehead atoms. The molecule has 3 N–H and O–H groups in total. The van der Waals surface area contributed by atoms with E-state index in [1.165, 1.54) is 26.4 Å². The Morgan fingerprint density at radius 3 is 2.40 bits per heavy atom. The first-order valence-electron chi connectivity index (χ1n) is 10.8. The molecule has 1 unspecified atom stereocenters. The molecule has 0 saturated heterocycles. The molecule has 35 heavy (non-hydrogen) atoms. The number of ether oxygens (including phenoxy) is 2. The van der Waals surface area contributed by atoms with E-state index in [-0.39, 0.29) is 17.2 Å². The Morgan fingerprint density at radius 1 is 0.943 bits per heavy atom. The van der Waals surface area contributed by atoms with Gasteiger partial charge in [-0.3, -0.25) is 9.59 Å². The van der Waals surface area contributed by atoms with Gasteiger partial charge in [0.1, 0.15) is 6.04 Å². The van der Waals surface area contributed by atoms with Crippen molar-refractivity contribution in [1.29, 1.82) is 0 Å². The third-order valence-electron chi connectivity index (χ3n) is 5.60. The van der Waals surface area contributed by atoms with Crippen LogP contribution in [0.5, 0.6) is 11.5 Å². The topological polar surface area (TPSA) is 123 Å². The first-order chi connectivity index (χ1) is 16.8. The second-order valence-corrected chi connectivity index (χ2v) is 9.61. The van der Waals surface area contributed by atoms with Crippen LogP contribution in [0.2, 0.25) is 0 Å². The van der Waals surface area contributed by atoms with Crippen molar-refractivity contribution >= 4 is 33.2 Å². The average Bonchev–Trinajstić information content (AvgIpc) is 2.87. The fourth-order valence-corrected chi connectivity index (χ4v) is 5.03. The van der Waals surface area contributed by atoms with Crippen molar-refractivity contribution < 1.29 is 27.5 Å². The Balaban J connectivity index is 1.62. The maximum Gasteiger partial charge on any atom is 0.247 e. The van der Waals surface area contributed by atoms with Gasteiger partial charge in [0.2, 0.25) is 21.8 Å². The lowest BCUT2D eigenvalue weighted by atomic mass is 10.0. The van der Waals surface area contributed by atoms with Crippen molar-refractivity contribution in [3.63, 3.8) is 0 Å². The number of amides is 2. The van der Waals surface area contributed by atoms with Crippen molar-refractivity contribution in [3.8, 4) is 11.5 Å². The lowest BCUT2D eigenvalue weighted by molar-refractivity contribution is -0.118. The van der Waals surface area contributed by atoms with Crippen molar-refractivity contribution in [1.82, 2.24) is 4.72 Å². The predicted molar refractivity (Wildman–Crippen MR) is 131 cm³/mol. The minimum Gasteiger partial charge on any atom is -0.493 e. The van der Waals surface area contributed by atoms with Gasteiger partial charge in [0, 0.05) is 23.9 Å². The summed E-state index contributed by atoms with van der Waals surface area (Å²) in [6.07, 6.45) is 0.719. The van der Waals surface area contributed by atoms with Crippen LogP contribution in [0.15, 0.2) is 71.6 Å². The Bertz CT molecular complexity index is 1360. The number of rotatable bonds is 8. The molecular formula is C25H25N3O6S. The summed E-state index contributed by atoms with van der Waals surface area (Å²) in [7, 11) is -1.10.